The molecule has 1 aliphatic rings. The van der Waals surface area contributed by atoms with E-state index in [9.17, 15) is 0 Å². The summed E-state index contributed by atoms with van der Waals surface area (Å²) < 4.78 is 5.51. The van der Waals surface area contributed by atoms with Gasteiger partial charge in [0.25, 0.3) is 0 Å². The van der Waals surface area contributed by atoms with Crippen LogP contribution in [0, 0.1) is 6.92 Å². The van der Waals surface area contributed by atoms with E-state index < -0.39 is 0 Å². The summed E-state index contributed by atoms with van der Waals surface area (Å²) in [5.41, 5.74) is 1.86. The van der Waals surface area contributed by atoms with Crippen molar-refractivity contribution in [2.24, 2.45) is 0 Å². The maximum Gasteiger partial charge on any atom is 0.232 e. The largest absolute Gasteiger partial charge is 0.339 e. The molecule has 0 bridgehead atoms. The van der Waals surface area contributed by atoms with Gasteiger partial charge in [0, 0.05) is 23.7 Å². The van der Waals surface area contributed by atoms with Crippen LogP contribution < -0.4 is 5.32 Å². The molecule has 0 saturated carbocycles. The highest BCUT2D eigenvalue weighted by Gasteiger charge is 2.33. The molecular weight excluding hydrogens is 284 g/mol. The molecule has 1 saturated heterocycles. The monoisotopic (exact) mass is 304 g/mol. The normalized spacial score (nSPS) is 21.8. The van der Waals surface area contributed by atoms with Gasteiger partial charge in [0.05, 0.1) is 5.92 Å². The van der Waals surface area contributed by atoms with Crippen LogP contribution in [-0.4, -0.2) is 39.2 Å². The molecule has 1 fully saturated rings. The first-order valence-electron chi connectivity index (χ1n) is 7.36. The second-order valence-electron chi connectivity index (χ2n) is 5.33. The summed E-state index contributed by atoms with van der Waals surface area (Å²) in [7, 11) is 0. The van der Waals surface area contributed by atoms with Gasteiger partial charge in [-0.15, -0.1) is 0 Å². The fraction of sp³-hybridized carbons (Fsp3) is 0.533. The standard InChI is InChI=1S/C15H20N4OS/c1-3-6-16-12-9-21-8-11(12)15-18-14(19-20-15)13-10(2)5-4-7-17-13/h4-5,7,11-12,16H,3,6,8-9H2,1-2H3. The summed E-state index contributed by atoms with van der Waals surface area (Å²) in [5, 5.41) is 7.70. The molecule has 3 rings (SSSR count). The molecule has 0 aromatic carbocycles. The summed E-state index contributed by atoms with van der Waals surface area (Å²) >= 11 is 1.94. The van der Waals surface area contributed by atoms with E-state index in [0.29, 0.717) is 17.8 Å². The molecule has 2 aromatic heterocycles. The first kappa shape index (κ1) is 14.5. The number of aryl methyl sites for hydroxylation is 1. The number of nitrogens with zero attached hydrogens (tertiary/aromatic N) is 3. The van der Waals surface area contributed by atoms with Crippen LogP contribution >= 0.6 is 11.8 Å². The minimum absolute atomic E-state index is 0.298. The molecule has 1 N–H and O–H groups in total. The lowest BCUT2D eigenvalue weighted by atomic mass is 10.0. The van der Waals surface area contributed by atoms with Gasteiger partial charge < -0.3 is 9.84 Å². The van der Waals surface area contributed by atoms with E-state index in [1.54, 1.807) is 6.20 Å². The molecule has 0 spiro atoms. The predicted octanol–water partition coefficient (Wildman–Crippen LogP) is 2.64. The van der Waals surface area contributed by atoms with Crippen LogP contribution in [-0.2, 0) is 0 Å². The number of hydrogen-bond acceptors (Lipinski definition) is 6. The van der Waals surface area contributed by atoms with E-state index in [4.69, 9.17) is 4.52 Å². The number of pyridine rings is 1. The quantitative estimate of drug-likeness (QED) is 0.916. The molecule has 2 aromatic rings. The van der Waals surface area contributed by atoms with Gasteiger partial charge in [-0.3, -0.25) is 4.98 Å². The van der Waals surface area contributed by atoms with E-state index in [2.05, 4.69) is 27.4 Å². The molecule has 2 unspecified atom stereocenters. The number of thioether (sulfide) groups is 1. The summed E-state index contributed by atoms with van der Waals surface area (Å²) in [6, 6.07) is 4.35. The van der Waals surface area contributed by atoms with E-state index >= 15 is 0 Å². The van der Waals surface area contributed by atoms with Crippen molar-refractivity contribution in [1.82, 2.24) is 20.4 Å². The van der Waals surface area contributed by atoms with E-state index in [0.717, 1.165) is 41.6 Å². The molecule has 3 heterocycles. The van der Waals surface area contributed by atoms with Crippen molar-refractivity contribution in [3.05, 3.63) is 29.8 Å². The molecule has 0 radical (unpaired) electrons. The average Bonchev–Trinajstić information content (AvgIpc) is 3.14. The number of hydrogen-bond donors (Lipinski definition) is 1. The summed E-state index contributed by atoms with van der Waals surface area (Å²) in [5.74, 6) is 3.75. The van der Waals surface area contributed by atoms with Crippen LogP contribution in [0.4, 0.5) is 0 Å². The number of nitrogens with one attached hydrogen (secondary N) is 1. The Morgan fingerprint density at radius 1 is 1.43 bits per heavy atom. The second kappa shape index (κ2) is 6.58. The molecule has 0 aliphatic carbocycles. The van der Waals surface area contributed by atoms with E-state index in [1.807, 2.05) is 30.8 Å². The molecule has 0 amide bonds. The fourth-order valence-electron chi connectivity index (χ4n) is 2.53. The smallest absolute Gasteiger partial charge is 0.232 e. The lowest BCUT2D eigenvalue weighted by Gasteiger charge is -2.16. The second-order valence-corrected chi connectivity index (χ2v) is 6.40. The van der Waals surface area contributed by atoms with Gasteiger partial charge in [-0.2, -0.15) is 16.7 Å². The molecule has 112 valence electrons. The molecule has 1 aliphatic heterocycles. The van der Waals surface area contributed by atoms with Crippen molar-refractivity contribution in [2.45, 2.75) is 32.2 Å². The highest BCUT2D eigenvalue weighted by atomic mass is 32.2. The van der Waals surface area contributed by atoms with Gasteiger partial charge in [-0.05, 0) is 31.5 Å². The van der Waals surface area contributed by atoms with Crippen LogP contribution in [0.2, 0.25) is 0 Å². The molecular formula is C15H20N4OS. The lowest BCUT2D eigenvalue weighted by molar-refractivity contribution is 0.339. The Morgan fingerprint density at radius 3 is 3.14 bits per heavy atom. The Bertz CT molecular complexity index is 601. The third kappa shape index (κ3) is 3.11. The first-order valence-corrected chi connectivity index (χ1v) is 8.51. The van der Waals surface area contributed by atoms with Crippen molar-refractivity contribution in [1.29, 1.82) is 0 Å². The minimum atomic E-state index is 0.298. The zero-order valence-corrected chi connectivity index (χ0v) is 13.2. The van der Waals surface area contributed by atoms with Crippen LogP contribution in [0.3, 0.4) is 0 Å². The van der Waals surface area contributed by atoms with Crippen molar-refractivity contribution in [2.75, 3.05) is 18.1 Å². The van der Waals surface area contributed by atoms with Crippen molar-refractivity contribution >= 4 is 11.8 Å². The lowest BCUT2D eigenvalue weighted by Crippen LogP contribution is -2.34. The Balaban J connectivity index is 1.80. The third-order valence-corrected chi connectivity index (χ3v) is 4.91. The highest BCUT2D eigenvalue weighted by molar-refractivity contribution is 7.99. The van der Waals surface area contributed by atoms with Crippen LogP contribution in [0.1, 0.15) is 30.7 Å². The van der Waals surface area contributed by atoms with Gasteiger partial charge in [0.15, 0.2) is 0 Å². The van der Waals surface area contributed by atoms with Crippen molar-refractivity contribution < 1.29 is 4.52 Å². The molecule has 21 heavy (non-hydrogen) atoms. The van der Waals surface area contributed by atoms with Gasteiger partial charge >= 0.3 is 0 Å². The van der Waals surface area contributed by atoms with Crippen molar-refractivity contribution in [3.8, 4) is 11.5 Å². The van der Waals surface area contributed by atoms with Crippen LogP contribution in [0.25, 0.3) is 11.5 Å². The summed E-state index contributed by atoms with van der Waals surface area (Å²) in [6.45, 7) is 5.22. The Hall–Kier alpha value is -1.40. The predicted molar refractivity (Wildman–Crippen MR) is 84.4 cm³/mol. The zero-order chi connectivity index (χ0) is 14.7. The minimum Gasteiger partial charge on any atom is -0.339 e. The van der Waals surface area contributed by atoms with Gasteiger partial charge in [0.1, 0.15) is 5.69 Å². The van der Waals surface area contributed by atoms with Crippen molar-refractivity contribution in [3.63, 3.8) is 0 Å². The molecule has 5 nitrogen and oxygen atoms in total. The van der Waals surface area contributed by atoms with Gasteiger partial charge in [-0.1, -0.05) is 18.1 Å². The van der Waals surface area contributed by atoms with Crippen LogP contribution in [0.5, 0.6) is 0 Å². The van der Waals surface area contributed by atoms with Gasteiger partial charge in [0.2, 0.25) is 11.7 Å². The maximum atomic E-state index is 5.51. The first-order chi connectivity index (χ1) is 10.3. The maximum absolute atomic E-state index is 5.51. The Morgan fingerprint density at radius 2 is 2.33 bits per heavy atom. The summed E-state index contributed by atoms with van der Waals surface area (Å²) in [4.78, 5) is 8.94. The summed E-state index contributed by atoms with van der Waals surface area (Å²) in [6.07, 6.45) is 2.89. The Kier molecular flexibility index (Phi) is 4.55. The third-order valence-electron chi connectivity index (χ3n) is 3.72. The topological polar surface area (TPSA) is 63.8 Å². The fourth-order valence-corrected chi connectivity index (χ4v) is 3.90. The number of rotatable bonds is 5. The zero-order valence-electron chi connectivity index (χ0n) is 12.4. The molecule has 6 heteroatoms. The van der Waals surface area contributed by atoms with E-state index in [1.165, 1.54) is 0 Å². The Labute approximate surface area is 128 Å². The van der Waals surface area contributed by atoms with Crippen LogP contribution in [0.15, 0.2) is 22.9 Å². The molecule has 2 atom stereocenters. The number of aromatic nitrogens is 3. The van der Waals surface area contributed by atoms with Gasteiger partial charge in [-0.25, -0.2) is 0 Å². The highest BCUT2D eigenvalue weighted by Crippen LogP contribution is 2.33. The SMILES string of the molecule is CCCNC1CSCC1c1nc(-c2ncccc2C)no1. The van der Waals surface area contributed by atoms with E-state index in [-0.39, 0.29) is 0 Å². The average molecular weight is 304 g/mol.